The fraction of sp³-hybridized carbons (Fsp3) is 0.304. The number of amides is 2. The molecule has 1 heterocycles. The number of anilines is 1. The van der Waals surface area contributed by atoms with E-state index in [-0.39, 0.29) is 19.0 Å². The topological polar surface area (TPSA) is 70.7 Å². The molecule has 2 amide bonds. The lowest BCUT2D eigenvalue weighted by atomic mass is 10.0. The molecule has 2 N–H and O–H groups in total. The predicted molar refractivity (Wildman–Crippen MR) is 115 cm³/mol. The van der Waals surface area contributed by atoms with Gasteiger partial charge in [-0.25, -0.2) is 9.18 Å². The van der Waals surface area contributed by atoms with Crippen LogP contribution in [0.4, 0.5) is 14.9 Å². The number of carbonyl (C=O) groups is 2. The largest absolute Gasteiger partial charge is 0.442 e. The highest BCUT2D eigenvalue weighted by Crippen LogP contribution is 2.29. The highest BCUT2D eigenvalue weighted by Gasteiger charge is 2.32. The molecule has 6 nitrogen and oxygen atoms in total. The van der Waals surface area contributed by atoms with E-state index in [4.69, 9.17) is 4.74 Å². The van der Waals surface area contributed by atoms with Gasteiger partial charge in [0, 0.05) is 19.0 Å². The van der Waals surface area contributed by atoms with Crippen LogP contribution in [-0.4, -0.2) is 37.7 Å². The molecule has 0 aromatic heterocycles. The maximum atomic E-state index is 14.8. The SMILES string of the molecule is C=CCCNCc1ccc(-c2ccc(N3C[C@H](CNC(C)=O)OC3=O)cc2F)cc1. The molecule has 1 aliphatic rings. The summed E-state index contributed by atoms with van der Waals surface area (Å²) in [7, 11) is 0. The van der Waals surface area contributed by atoms with Gasteiger partial charge in [0.25, 0.3) is 0 Å². The van der Waals surface area contributed by atoms with Crippen LogP contribution >= 0.6 is 0 Å². The van der Waals surface area contributed by atoms with Gasteiger partial charge in [-0.05, 0) is 42.3 Å². The first-order valence-corrected chi connectivity index (χ1v) is 9.91. The molecule has 1 saturated heterocycles. The third-order valence-electron chi connectivity index (χ3n) is 4.84. The van der Waals surface area contributed by atoms with E-state index in [0.29, 0.717) is 11.3 Å². The van der Waals surface area contributed by atoms with Crippen LogP contribution in [0.3, 0.4) is 0 Å². The van der Waals surface area contributed by atoms with Crippen LogP contribution < -0.4 is 15.5 Å². The van der Waals surface area contributed by atoms with Crippen molar-refractivity contribution in [2.75, 3.05) is 24.5 Å². The summed E-state index contributed by atoms with van der Waals surface area (Å²) >= 11 is 0. The van der Waals surface area contributed by atoms with Crippen molar-refractivity contribution in [2.24, 2.45) is 0 Å². The Morgan fingerprint density at radius 2 is 2.07 bits per heavy atom. The number of hydrogen-bond donors (Lipinski definition) is 2. The van der Waals surface area contributed by atoms with Gasteiger partial charge in [0.05, 0.1) is 18.8 Å². The van der Waals surface area contributed by atoms with Crippen molar-refractivity contribution in [3.8, 4) is 11.1 Å². The van der Waals surface area contributed by atoms with Crippen molar-refractivity contribution in [1.29, 1.82) is 0 Å². The molecule has 30 heavy (non-hydrogen) atoms. The van der Waals surface area contributed by atoms with Crippen LogP contribution in [0, 0.1) is 5.82 Å². The molecule has 0 aliphatic carbocycles. The Balaban J connectivity index is 1.66. The third-order valence-corrected chi connectivity index (χ3v) is 4.84. The number of cyclic esters (lactones) is 1. The summed E-state index contributed by atoms with van der Waals surface area (Å²) in [4.78, 5) is 24.5. The first-order chi connectivity index (χ1) is 14.5. The van der Waals surface area contributed by atoms with Gasteiger partial charge in [0.15, 0.2) is 0 Å². The van der Waals surface area contributed by atoms with E-state index in [1.54, 1.807) is 12.1 Å². The molecule has 0 spiro atoms. The van der Waals surface area contributed by atoms with E-state index in [9.17, 15) is 14.0 Å². The second kappa shape index (κ2) is 10.0. The smallest absolute Gasteiger partial charge is 0.414 e. The van der Waals surface area contributed by atoms with E-state index in [1.807, 2.05) is 30.3 Å². The van der Waals surface area contributed by atoms with Gasteiger partial charge in [-0.2, -0.15) is 0 Å². The zero-order chi connectivity index (χ0) is 21.5. The number of nitrogens with zero attached hydrogens (tertiary/aromatic N) is 1. The van der Waals surface area contributed by atoms with E-state index in [2.05, 4.69) is 17.2 Å². The average molecular weight is 411 g/mol. The van der Waals surface area contributed by atoms with Crippen LogP contribution in [-0.2, 0) is 16.1 Å². The van der Waals surface area contributed by atoms with Crippen molar-refractivity contribution < 1.29 is 18.7 Å². The van der Waals surface area contributed by atoms with Crippen LogP contribution in [0.2, 0.25) is 0 Å². The molecule has 2 aromatic carbocycles. The lowest BCUT2D eigenvalue weighted by Crippen LogP contribution is -2.33. The molecule has 2 aromatic rings. The Kier molecular flexibility index (Phi) is 7.19. The summed E-state index contributed by atoms with van der Waals surface area (Å²) in [5, 5.41) is 5.94. The minimum Gasteiger partial charge on any atom is -0.442 e. The summed E-state index contributed by atoms with van der Waals surface area (Å²) in [5.74, 6) is -0.610. The van der Waals surface area contributed by atoms with E-state index < -0.39 is 18.0 Å². The standard InChI is InChI=1S/C23H26FN3O3/c1-3-4-11-25-13-17-5-7-18(8-6-17)21-10-9-19(12-22(21)24)27-15-20(30-23(27)29)14-26-16(2)28/h3,5-10,12,20,25H,1,4,11,13-15H2,2H3,(H,26,28)/t20-/m0/s1. The van der Waals surface area contributed by atoms with Crippen molar-refractivity contribution in [1.82, 2.24) is 10.6 Å². The van der Waals surface area contributed by atoms with Crippen LogP contribution in [0.1, 0.15) is 18.9 Å². The minimum atomic E-state index is -0.550. The summed E-state index contributed by atoms with van der Waals surface area (Å²) < 4.78 is 20.0. The van der Waals surface area contributed by atoms with Crippen LogP contribution in [0.25, 0.3) is 11.1 Å². The minimum absolute atomic E-state index is 0.196. The Morgan fingerprint density at radius 1 is 1.30 bits per heavy atom. The van der Waals surface area contributed by atoms with Gasteiger partial charge in [-0.3, -0.25) is 9.69 Å². The fourth-order valence-electron chi connectivity index (χ4n) is 3.24. The maximum Gasteiger partial charge on any atom is 0.414 e. The van der Waals surface area contributed by atoms with E-state index in [1.165, 1.54) is 17.9 Å². The molecular weight excluding hydrogens is 385 g/mol. The zero-order valence-electron chi connectivity index (χ0n) is 17.0. The Bertz CT molecular complexity index is 914. The third kappa shape index (κ3) is 5.45. The van der Waals surface area contributed by atoms with Crippen molar-refractivity contribution >= 4 is 17.7 Å². The zero-order valence-corrected chi connectivity index (χ0v) is 17.0. The molecule has 0 unspecified atom stereocenters. The molecule has 0 saturated carbocycles. The van der Waals surface area contributed by atoms with Gasteiger partial charge in [-0.15, -0.1) is 6.58 Å². The van der Waals surface area contributed by atoms with Gasteiger partial charge in [0.2, 0.25) is 5.91 Å². The summed E-state index contributed by atoms with van der Waals surface area (Å²) in [6, 6.07) is 12.4. The number of carbonyl (C=O) groups excluding carboxylic acids is 2. The molecule has 158 valence electrons. The van der Waals surface area contributed by atoms with Gasteiger partial charge in [-0.1, -0.05) is 30.3 Å². The Hall–Kier alpha value is -3.19. The first-order valence-electron chi connectivity index (χ1n) is 9.91. The molecule has 0 radical (unpaired) electrons. The number of ether oxygens (including phenoxy) is 1. The van der Waals surface area contributed by atoms with Crippen molar-refractivity contribution in [2.45, 2.75) is 26.0 Å². The summed E-state index contributed by atoms with van der Waals surface area (Å²) in [6.07, 6.45) is 1.77. The molecule has 3 rings (SSSR count). The van der Waals surface area contributed by atoms with Crippen molar-refractivity contribution in [3.05, 3.63) is 66.5 Å². The number of halogens is 1. The lowest BCUT2D eigenvalue weighted by Gasteiger charge is -2.15. The summed E-state index contributed by atoms with van der Waals surface area (Å²) in [5.41, 5.74) is 2.77. The molecule has 1 atom stereocenters. The maximum absolute atomic E-state index is 14.8. The monoisotopic (exact) mass is 411 g/mol. The highest BCUT2D eigenvalue weighted by atomic mass is 19.1. The van der Waals surface area contributed by atoms with Crippen LogP contribution in [0.5, 0.6) is 0 Å². The Labute approximate surface area is 175 Å². The molecular formula is C23H26FN3O3. The molecule has 7 heteroatoms. The number of hydrogen-bond acceptors (Lipinski definition) is 4. The van der Waals surface area contributed by atoms with Gasteiger partial charge >= 0.3 is 6.09 Å². The molecule has 1 fully saturated rings. The quantitative estimate of drug-likeness (QED) is 0.488. The second-order valence-corrected chi connectivity index (χ2v) is 7.17. The van der Waals surface area contributed by atoms with Crippen molar-refractivity contribution in [3.63, 3.8) is 0 Å². The van der Waals surface area contributed by atoms with Gasteiger partial charge in [0.1, 0.15) is 11.9 Å². The first kappa shape index (κ1) is 21.5. The average Bonchev–Trinajstić information content (AvgIpc) is 3.11. The lowest BCUT2D eigenvalue weighted by molar-refractivity contribution is -0.119. The highest BCUT2D eigenvalue weighted by molar-refractivity contribution is 5.90. The summed E-state index contributed by atoms with van der Waals surface area (Å²) in [6.45, 7) is 7.18. The normalized spacial score (nSPS) is 15.7. The second-order valence-electron chi connectivity index (χ2n) is 7.17. The van der Waals surface area contributed by atoms with Gasteiger partial charge < -0.3 is 15.4 Å². The van der Waals surface area contributed by atoms with Crippen LogP contribution in [0.15, 0.2) is 55.1 Å². The Morgan fingerprint density at radius 3 is 2.73 bits per heavy atom. The van der Waals surface area contributed by atoms with E-state index >= 15 is 0 Å². The number of benzene rings is 2. The van der Waals surface area contributed by atoms with E-state index in [0.717, 1.165) is 30.6 Å². The number of rotatable bonds is 9. The number of nitrogens with one attached hydrogen (secondary N) is 2. The fourth-order valence-corrected chi connectivity index (χ4v) is 3.24. The molecule has 0 bridgehead atoms. The molecule has 1 aliphatic heterocycles. The predicted octanol–water partition coefficient (Wildman–Crippen LogP) is 3.62.